The Morgan fingerprint density at radius 1 is 1.31 bits per heavy atom. The van der Waals surface area contributed by atoms with Crippen LogP contribution in [0.15, 0.2) is 36.4 Å². The Kier molecular flexibility index (Phi) is 4.40. The van der Waals surface area contributed by atoms with E-state index in [0.29, 0.717) is 21.2 Å². The highest BCUT2D eigenvalue weighted by Crippen LogP contribution is 2.47. The molecule has 1 aromatic heterocycles. The molecule has 2 aliphatic rings. The zero-order valence-corrected chi connectivity index (χ0v) is 15.9. The Morgan fingerprint density at radius 2 is 2.04 bits per heavy atom. The summed E-state index contributed by atoms with van der Waals surface area (Å²) in [6.07, 6.45) is 1.68. The molecule has 1 atom stereocenters. The van der Waals surface area contributed by atoms with Crippen LogP contribution in [-0.4, -0.2) is 31.2 Å². The largest absolute Gasteiger partial charge is 0.442 e. The average molecular weight is 391 g/mol. The molecular weight excluding hydrogens is 372 g/mol. The van der Waals surface area contributed by atoms with E-state index in [2.05, 4.69) is 24.4 Å². The molecule has 2 amide bonds. The van der Waals surface area contributed by atoms with E-state index in [9.17, 15) is 9.59 Å². The number of carbonyl (C=O) groups excluding carboxylic acids is 2. The second kappa shape index (κ2) is 6.59. The van der Waals surface area contributed by atoms with Gasteiger partial charge in [0.05, 0.1) is 22.3 Å². The third-order valence-electron chi connectivity index (χ3n) is 5.04. The van der Waals surface area contributed by atoms with Crippen molar-refractivity contribution in [1.29, 1.82) is 0 Å². The van der Waals surface area contributed by atoms with Gasteiger partial charge in [0.15, 0.2) is 0 Å². The number of thiophene rings is 1. The molecule has 2 fully saturated rings. The molecule has 0 bridgehead atoms. The van der Waals surface area contributed by atoms with Crippen molar-refractivity contribution in [3.63, 3.8) is 0 Å². The summed E-state index contributed by atoms with van der Waals surface area (Å²) in [5, 5.41) is 2.79. The van der Waals surface area contributed by atoms with Crippen LogP contribution < -0.4 is 10.2 Å². The molecule has 2 aromatic rings. The number of hydrogen-bond acceptors (Lipinski definition) is 4. The molecule has 0 spiro atoms. The maximum atomic E-state index is 12.2. The average Bonchev–Trinajstić information content (AvgIpc) is 3.06. The first-order valence-electron chi connectivity index (χ1n) is 8.57. The lowest BCUT2D eigenvalue weighted by Gasteiger charge is -2.15. The van der Waals surface area contributed by atoms with Crippen molar-refractivity contribution in [2.75, 3.05) is 18.0 Å². The molecule has 1 aliphatic carbocycles. The molecule has 0 radical (unpaired) electrons. The number of nitrogens with zero attached hydrogens (tertiary/aromatic N) is 1. The lowest BCUT2D eigenvalue weighted by molar-refractivity contribution is 0.0920. The first-order chi connectivity index (χ1) is 12.4. The number of anilines is 1. The molecule has 1 aromatic carbocycles. The van der Waals surface area contributed by atoms with Crippen LogP contribution in [0.1, 0.15) is 35.0 Å². The number of benzene rings is 1. The van der Waals surface area contributed by atoms with Crippen LogP contribution >= 0.6 is 22.9 Å². The molecule has 1 saturated carbocycles. The Labute approximate surface area is 160 Å². The molecule has 1 aliphatic heterocycles. The van der Waals surface area contributed by atoms with Gasteiger partial charge in [0.1, 0.15) is 6.10 Å². The summed E-state index contributed by atoms with van der Waals surface area (Å²) in [6, 6.07) is 11.5. The van der Waals surface area contributed by atoms with Gasteiger partial charge in [-0.15, -0.1) is 11.3 Å². The quantitative estimate of drug-likeness (QED) is 0.832. The minimum absolute atomic E-state index is 0.210. The van der Waals surface area contributed by atoms with Gasteiger partial charge in [-0.3, -0.25) is 9.69 Å². The minimum atomic E-state index is -0.381. The summed E-state index contributed by atoms with van der Waals surface area (Å²) in [5.41, 5.74) is 2.44. The maximum Gasteiger partial charge on any atom is 0.414 e. The standard InChI is InChI=1S/C19H19ClN2O3S/c1-19(8-9-19)12-2-4-13(5-3-12)22-11-14(25-18(22)24)10-21-17(23)15-6-7-16(20)26-15/h2-7,14H,8-11H2,1H3,(H,21,23). The fourth-order valence-electron chi connectivity index (χ4n) is 3.09. The third kappa shape index (κ3) is 3.44. The summed E-state index contributed by atoms with van der Waals surface area (Å²) in [5.74, 6) is -0.210. The van der Waals surface area contributed by atoms with Crippen LogP contribution in [0.25, 0.3) is 0 Å². The highest BCUT2D eigenvalue weighted by molar-refractivity contribution is 7.17. The molecule has 4 rings (SSSR count). The second-order valence-electron chi connectivity index (χ2n) is 7.04. The van der Waals surface area contributed by atoms with Crippen molar-refractivity contribution in [1.82, 2.24) is 5.32 Å². The van der Waals surface area contributed by atoms with Crippen LogP contribution in [0.2, 0.25) is 4.34 Å². The van der Waals surface area contributed by atoms with E-state index in [1.807, 2.05) is 12.1 Å². The molecule has 1 saturated heterocycles. The summed E-state index contributed by atoms with van der Waals surface area (Å²) in [4.78, 5) is 26.4. The number of hydrogen-bond donors (Lipinski definition) is 1. The van der Waals surface area contributed by atoms with E-state index >= 15 is 0 Å². The van der Waals surface area contributed by atoms with Crippen LogP contribution in [0.5, 0.6) is 0 Å². The van der Waals surface area contributed by atoms with E-state index in [4.69, 9.17) is 16.3 Å². The fraction of sp³-hybridized carbons (Fsp3) is 0.368. The Hall–Kier alpha value is -2.05. The van der Waals surface area contributed by atoms with E-state index in [1.54, 1.807) is 17.0 Å². The van der Waals surface area contributed by atoms with Crippen molar-refractivity contribution < 1.29 is 14.3 Å². The van der Waals surface area contributed by atoms with Crippen molar-refractivity contribution in [2.24, 2.45) is 0 Å². The Balaban J connectivity index is 1.35. The normalized spacial score (nSPS) is 20.8. The summed E-state index contributed by atoms with van der Waals surface area (Å²) < 4.78 is 5.95. The minimum Gasteiger partial charge on any atom is -0.442 e. The predicted molar refractivity (Wildman–Crippen MR) is 102 cm³/mol. The van der Waals surface area contributed by atoms with Gasteiger partial charge >= 0.3 is 6.09 Å². The topological polar surface area (TPSA) is 58.6 Å². The first kappa shape index (κ1) is 17.4. The van der Waals surface area contributed by atoms with Crippen molar-refractivity contribution in [2.45, 2.75) is 31.3 Å². The third-order valence-corrected chi connectivity index (χ3v) is 6.27. The molecule has 136 valence electrons. The van der Waals surface area contributed by atoms with Gasteiger partial charge in [0.2, 0.25) is 0 Å². The van der Waals surface area contributed by atoms with Crippen LogP contribution in [-0.2, 0) is 10.2 Å². The molecule has 1 N–H and O–H groups in total. The lowest BCUT2D eigenvalue weighted by Crippen LogP contribution is -2.34. The van der Waals surface area contributed by atoms with Crippen molar-refractivity contribution in [3.05, 3.63) is 51.2 Å². The Bertz CT molecular complexity index is 845. The van der Waals surface area contributed by atoms with Crippen LogP contribution in [0, 0.1) is 0 Å². The summed E-state index contributed by atoms with van der Waals surface area (Å²) >= 11 is 7.06. The number of halogens is 1. The van der Waals surface area contributed by atoms with E-state index in [-0.39, 0.29) is 24.6 Å². The van der Waals surface area contributed by atoms with Gasteiger partial charge in [-0.05, 0) is 48.1 Å². The predicted octanol–water partition coefficient (Wildman–Crippen LogP) is 4.21. The van der Waals surface area contributed by atoms with Crippen molar-refractivity contribution in [3.8, 4) is 0 Å². The summed E-state index contributed by atoms with van der Waals surface area (Å²) in [7, 11) is 0. The zero-order chi connectivity index (χ0) is 18.3. The van der Waals surface area contributed by atoms with Gasteiger partial charge in [-0.25, -0.2) is 4.79 Å². The van der Waals surface area contributed by atoms with E-state index < -0.39 is 0 Å². The lowest BCUT2D eigenvalue weighted by atomic mass is 9.98. The number of rotatable bonds is 5. The zero-order valence-electron chi connectivity index (χ0n) is 14.3. The first-order valence-corrected chi connectivity index (χ1v) is 9.76. The van der Waals surface area contributed by atoms with Gasteiger partial charge in [-0.2, -0.15) is 0 Å². The SMILES string of the molecule is CC1(c2ccc(N3CC(CNC(=O)c4ccc(Cl)s4)OC3=O)cc2)CC1. The van der Waals surface area contributed by atoms with E-state index in [0.717, 1.165) is 5.69 Å². The van der Waals surface area contributed by atoms with Gasteiger partial charge in [0, 0.05) is 5.69 Å². The number of cyclic esters (lactones) is 1. The second-order valence-corrected chi connectivity index (χ2v) is 8.75. The number of carbonyl (C=O) groups is 2. The van der Waals surface area contributed by atoms with Crippen molar-refractivity contribution >= 4 is 40.6 Å². The monoisotopic (exact) mass is 390 g/mol. The number of amides is 2. The molecule has 1 unspecified atom stereocenters. The number of nitrogens with one attached hydrogen (secondary N) is 1. The van der Waals surface area contributed by atoms with Gasteiger partial charge in [-0.1, -0.05) is 30.7 Å². The molecule has 26 heavy (non-hydrogen) atoms. The number of ether oxygens (including phenoxy) is 1. The summed E-state index contributed by atoms with van der Waals surface area (Å²) in [6.45, 7) is 2.94. The molecular formula is C19H19ClN2O3S. The van der Waals surface area contributed by atoms with Gasteiger partial charge in [0.25, 0.3) is 5.91 Å². The molecule has 2 heterocycles. The van der Waals surface area contributed by atoms with Crippen LogP contribution in [0.4, 0.5) is 10.5 Å². The molecule has 7 heteroatoms. The van der Waals surface area contributed by atoms with Crippen LogP contribution in [0.3, 0.4) is 0 Å². The highest BCUT2D eigenvalue weighted by atomic mass is 35.5. The fourth-order valence-corrected chi connectivity index (χ4v) is 4.05. The maximum absolute atomic E-state index is 12.2. The smallest absolute Gasteiger partial charge is 0.414 e. The highest BCUT2D eigenvalue weighted by Gasteiger charge is 2.39. The Morgan fingerprint density at radius 3 is 2.65 bits per heavy atom. The molecule has 5 nitrogen and oxygen atoms in total. The van der Waals surface area contributed by atoms with E-state index in [1.165, 1.54) is 29.7 Å². The van der Waals surface area contributed by atoms with Gasteiger partial charge < -0.3 is 10.1 Å².